The zero-order valence-corrected chi connectivity index (χ0v) is 19.4. The largest absolute Gasteiger partial charge is 0.492 e. The summed E-state index contributed by atoms with van der Waals surface area (Å²) in [5.74, 6) is 1.18. The summed E-state index contributed by atoms with van der Waals surface area (Å²) in [4.78, 5) is 14.9. The third-order valence-electron chi connectivity index (χ3n) is 4.94. The first-order valence-electron chi connectivity index (χ1n) is 10.5. The van der Waals surface area contributed by atoms with E-state index in [0.29, 0.717) is 60.1 Å². The number of benzene rings is 2. The molecular formula is C23H28Cl2N2O4. The van der Waals surface area contributed by atoms with E-state index in [1.165, 1.54) is 0 Å². The molecular weight excluding hydrogens is 439 g/mol. The van der Waals surface area contributed by atoms with Gasteiger partial charge in [0.1, 0.15) is 11.5 Å². The van der Waals surface area contributed by atoms with Gasteiger partial charge in [-0.1, -0.05) is 35.3 Å². The molecule has 8 heteroatoms. The minimum atomic E-state index is -0.140. The molecule has 3 rings (SSSR count). The van der Waals surface area contributed by atoms with Crippen molar-refractivity contribution < 1.29 is 19.0 Å². The molecule has 1 saturated heterocycles. The van der Waals surface area contributed by atoms with Gasteiger partial charge in [-0.2, -0.15) is 0 Å². The monoisotopic (exact) mass is 466 g/mol. The second-order valence-electron chi connectivity index (χ2n) is 7.04. The average molecular weight is 467 g/mol. The lowest BCUT2D eigenvalue weighted by Gasteiger charge is -2.31. The number of nitrogens with one attached hydrogen (secondary N) is 1. The van der Waals surface area contributed by atoms with Crippen LogP contribution in [-0.4, -0.2) is 45.4 Å². The molecule has 0 saturated carbocycles. The van der Waals surface area contributed by atoms with Gasteiger partial charge in [-0.05, 0) is 31.9 Å². The fourth-order valence-electron chi connectivity index (χ4n) is 3.45. The number of carbonyl (C=O) groups is 1. The molecule has 1 amide bonds. The number of morpholine rings is 1. The van der Waals surface area contributed by atoms with E-state index in [4.69, 9.17) is 37.4 Å². The maximum absolute atomic E-state index is 12.7. The van der Waals surface area contributed by atoms with Crippen molar-refractivity contribution in [1.29, 1.82) is 0 Å². The zero-order valence-electron chi connectivity index (χ0n) is 17.9. The highest BCUT2D eigenvalue weighted by molar-refractivity contribution is 6.42. The Morgan fingerprint density at radius 3 is 2.52 bits per heavy atom. The van der Waals surface area contributed by atoms with Gasteiger partial charge < -0.3 is 24.4 Å². The van der Waals surface area contributed by atoms with Crippen LogP contribution in [0.4, 0.5) is 11.4 Å². The van der Waals surface area contributed by atoms with E-state index < -0.39 is 0 Å². The molecule has 0 aliphatic carbocycles. The highest BCUT2D eigenvalue weighted by Gasteiger charge is 2.20. The van der Waals surface area contributed by atoms with E-state index >= 15 is 0 Å². The van der Waals surface area contributed by atoms with Crippen LogP contribution >= 0.6 is 23.2 Å². The lowest BCUT2D eigenvalue weighted by Crippen LogP contribution is -2.36. The summed E-state index contributed by atoms with van der Waals surface area (Å²) < 4.78 is 17.2. The molecule has 0 unspecified atom stereocenters. The highest BCUT2D eigenvalue weighted by Crippen LogP contribution is 2.39. The van der Waals surface area contributed by atoms with Crippen molar-refractivity contribution in [2.45, 2.75) is 26.7 Å². The summed E-state index contributed by atoms with van der Waals surface area (Å²) in [6.45, 7) is 7.74. The third-order valence-corrected chi connectivity index (χ3v) is 5.80. The molecule has 168 valence electrons. The van der Waals surface area contributed by atoms with Crippen molar-refractivity contribution in [2.24, 2.45) is 0 Å². The van der Waals surface area contributed by atoms with E-state index in [9.17, 15) is 4.79 Å². The topological polar surface area (TPSA) is 60.0 Å². The van der Waals surface area contributed by atoms with Crippen molar-refractivity contribution in [3.63, 3.8) is 0 Å². The number of aryl methyl sites for hydroxylation is 1. The second-order valence-corrected chi connectivity index (χ2v) is 7.83. The number of anilines is 2. The van der Waals surface area contributed by atoms with Crippen molar-refractivity contribution in [1.82, 2.24) is 0 Å². The lowest BCUT2D eigenvalue weighted by molar-refractivity contribution is -0.116. The first-order chi connectivity index (χ1) is 15.0. The summed E-state index contributed by atoms with van der Waals surface area (Å²) in [6.07, 6.45) is 0.750. The molecule has 0 radical (unpaired) electrons. The van der Waals surface area contributed by atoms with E-state index in [2.05, 4.69) is 10.2 Å². The normalized spacial score (nSPS) is 13.7. The Kier molecular flexibility index (Phi) is 8.69. The molecule has 2 aromatic rings. The fourth-order valence-corrected chi connectivity index (χ4v) is 3.86. The minimum absolute atomic E-state index is 0.140. The van der Waals surface area contributed by atoms with Gasteiger partial charge in [-0.3, -0.25) is 4.79 Å². The maximum Gasteiger partial charge on any atom is 0.224 e. The standard InChI is InChI=1S/C23H28Cl2N2O4/c1-3-30-20-15-19(27-10-12-29-13-11-27)21(31-4-2)14-18(20)26-22(28)9-8-16-6-5-7-17(24)23(16)25/h5-7,14-15H,3-4,8-13H2,1-2H3,(H,26,28). The van der Waals surface area contributed by atoms with Crippen molar-refractivity contribution in [3.05, 3.63) is 45.9 Å². The van der Waals surface area contributed by atoms with Crippen LogP contribution < -0.4 is 19.7 Å². The Bertz CT molecular complexity index is 901. The lowest BCUT2D eigenvalue weighted by atomic mass is 10.1. The molecule has 2 aromatic carbocycles. The van der Waals surface area contributed by atoms with Crippen LogP contribution in [0.25, 0.3) is 0 Å². The average Bonchev–Trinajstić information content (AvgIpc) is 2.77. The number of amides is 1. The predicted octanol–water partition coefficient (Wildman–Crippen LogP) is 5.20. The van der Waals surface area contributed by atoms with Gasteiger partial charge in [-0.15, -0.1) is 0 Å². The Hall–Kier alpha value is -2.15. The van der Waals surface area contributed by atoms with Gasteiger partial charge in [-0.25, -0.2) is 0 Å². The molecule has 1 N–H and O–H groups in total. The van der Waals surface area contributed by atoms with Crippen LogP contribution in [0.15, 0.2) is 30.3 Å². The Morgan fingerprint density at radius 1 is 1.10 bits per heavy atom. The third kappa shape index (κ3) is 6.19. The second kappa shape index (κ2) is 11.5. The van der Waals surface area contributed by atoms with Gasteiger partial charge in [0.2, 0.25) is 5.91 Å². The Labute approximate surface area is 193 Å². The van der Waals surface area contributed by atoms with Crippen molar-refractivity contribution in [3.8, 4) is 11.5 Å². The van der Waals surface area contributed by atoms with Crippen LogP contribution in [0, 0.1) is 0 Å². The minimum Gasteiger partial charge on any atom is -0.492 e. The van der Waals surface area contributed by atoms with Gasteiger partial charge in [0.25, 0.3) is 0 Å². The molecule has 1 aliphatic rings. The van der Waals surface area contributed by atoms with Crippen molar-refractivity contribution in [2.75, 3.05) is 49.7 Å². The summed E-state index contributed by atoms with van der Waals surface area (Å²) in [5.41, 5.74) is 2.37. The molecule has 0 atom stereocenters. The van der Waals surface area contributed by atoms with E-state index in [0.717, 1.165) is 24.3 Å². The predicted molar refractivity (Wildman–Crippen MR) is 125 cm³/mol. The van der Waals surface area contributed by atoms with Crippen LogP contribution in [-0.2, 0) is 16.0 Å². The van der Waals surface area contributed by atoms with Crippen LogP contribution in [0.2, 0.25) is 10.0 Å². The number of halogens is 2. The molecule has 0 spiro atoms. The summed E-state index contributed by atoms with van der Waals surface area (Å²) in [7, 11) is 0. The molecule has 1 aliphatic heterocycles. The number of hydrogen-bond donors (Lipinski definition) is 1. The van der Waals surface area contributed by atoms with Crippen LogP contribution in [0.1, 0.15) is 25.8 Å². The first-order valence-corrected chi connectivity index (χ1v) is 11.3. The van der Waals surface area contributed by atoms with Crippen LogP contribution in [0.5, 0.6) is 11.5 Å². The quantitative estimate of drug-likeness (QED) is 0.550. The number of carbonyl (C=O) groups excluding carboxylic acids is 1. The summed E-state index contributed by atoms with van der Waals surface area (Å²) >= 11 is 12.3. The smallest absolute Gasteiger partial charge is 0.224 e. The maximum atomic E-state index is 12.7. The molecule has 6 nitrogen and oxygen atoms in total. The van der Waals surface area contributed by atoms with Gasteiger partial charge >= 0.3 is 0 Å². The van der Waals surface area contributed by atoms with Gasteiger partial charge in [0.15, 0.2) is 0 Å². The SMILES string of the molecule is CCOc1cc(N2CCOCC2)c(OCC)cc1NC(=O)CCc1cccc(Cl)c1Cl. The summed E-state index contributed by atoms with van der Waals surface area (Å²) in [5, 5.41) is 3.94. The summed E-state index contributed by atoms with van der Waals surface area (Å²) in [6, 6.07) is 9.20. The van der Waals surface area contributed by atoms with E-state index in [-0.39, 0.29) is 12.3 Å². The van der Waals surface area contributed by atoms with Crippen LogP contribution in [0.3, 0.4) is 0 Å². The fraction of sp³-hybridized carbons (Fsp3) is 0.435. The Morgan fingerprint density at radius 2 is 1.81 bits per heavy atom. The molecule has 31 heavy (non-hydrogen) atoms. The number of rotatable bonds is 9. The Balaban J connectivity index is 1.78. The number of hydrogen-bond acceptors (Lipinski definition) is 5. The van der Waals surface area contributed by atoms with E-state index in [1.54, 1.807) is 6.07 Å². The molecule has 0 bridgehead atoms. The molecule has 1 heterocycles. The number of ether oxygens (including phenoxy) is 3. The highest BCUT2D eigenvalue weighted by atomic mass is 35.5. The first kappa shape index (κ1) is 23.5. The van der Waals surface area contributed by atoms with Gasteiger partial charge in [0, 0.05) is 31.6 Å². The zero-order chi connectivity index (χ0) is 22.2. The molecule has 1 fully saturated rings. The number of nitrogens with zero attached hydrogens (tertiary/aromatic N) is 1. The van der Waals surface area contributed by atoms with Crippen molar-refractivity contribution >= 4 is 40.5 Å². The molecule has 0 aromatic heterocycles. The van der Waals surface area contributed by atoms with Gasteiger partial charge in [0.05, 0.1) is 47.8 Å². The van der Waals surface area contributed by atoms with E-state index in [1.807, 2.05) is 38.1 Å².